The minimum Gasteiger partial charge on any atom is -0.481 e. The maximum Gasteiger partial charge on any atom is 0.303 e. The average Bonchev–Trinajstić information content (AvgIpc) is 3.02. The molecule has 1 aromatic rings. The first-order chi connectivity index (χ1) is 12.3. The molecule has 2 unspecified atom stereocenters. The first-order valence-electron chi connectivity index (χ1n) is 8.55. The SMILES string of the molecule is C[C@H]1[C@H](O)CN1c1nc(C(F)F)c(Cl)c(N2CC3C(CC(=O)O)C3C2)n1. The second-order valence-electron chi connectivity index (χ2n) is 7.30. The average molecular weight is 389 g/mol. The van der Waals surface area contributed by atoms with E-state index in [9.17, 15) is 18.7 Å². The number of anilines is 2. The summed E-state index contributed by atoms with van der Waals surface area (Å²) in [4.78, 5) is 22.7. The van der Waals surface area contributed by atoms with Crippen LogP contribution in [0.25, 0.3) is 0 Å². The summed E-state index contributed by atoms with van der Waals surface area (Å²) in [5.41, 5.74) is -0.511. The van der Waals surface area contributed by atoms with Crippen LogP contribution >= 0.6 is 11.6 Å². The molecule has 10 heteroatoms. The Kier molecular flexibility index (Phi) is 4.18. The molecule has 0 bridgehead atoms. The molecule has 0 amide bonds. The van der Waals surface area contributed by atoms with Gasteiger partial charge in [0.05, 0.1) is 12.1 Å². The first-order valence-corrected chi connectivity index (χ1v) is 8.92. The Balaban J connectivity index is 1.58. The lowest BCUT2D eigenvalue weighted by molar-refractivity contribution is -0.137. The van der Waals surface area contributed by atoms with Crippen molar-refractivity contribution in [2.45, 2.75) is 31.9 Å². The molecule has 0 spiro atoms. The van der Waals surface area contributed by atoms with Gasteiger partial charge in [0.15, 0.2) is 5.82 Å². The van der Waals surface area contributed by atoms with Crippen molar-refractivity contribution in [1.29, 1.82) is 0 Å². The number of carboxylic acids is 1. The second-order valence-corrected chi connectivity index (χ2v) is 7.68. The van der Waals surface area contributed by atoms with Crippen molar-refractivity contribution >= 4 is 29.3 Å². The van der Waals surface area contributed by atoms with E-state index >= 15 is 0 Å². The van der Waals surface area contributed by atoms with Crippen LogP contribution in [0.1, 0.15) is 25.5 Å². The smallest absolute Gasteiger partial charge is 0.303 e. The van der Waals surface area contributed by atoms with E-state index in [0.717, 1.165) is 0 Å². The van der Waals surface area contributed by atoms with Crippen LogP contribution in [0.5, 0.6) is 0 Å². The highest BCUT2D eigenvalue weighted by molar-refractivity contribution is 6.33. The van der Waals surface area contributed by atoms with Crippen LogP contribution in [0, 0.1) is 17.8 Å². The van der Waals surface area contributed by atoms with Crippen molar-refractivity contribution in [3.05, 3.63) is 10.7 Å². The molecule has 1 aromatic heterocycles. The summed E-state index contributed by atoms with van der Waals surface area (Å²) in [6.07, 6.45) is -3.23. The number of piperidine rings is 1. The highest BCUT2D eigenvalue weighted by Gasteiger charge is 2.56. The Labute approximate surface area is 153 Å². The molecular formula is C16H19ClF2N4O3. The molecule has 0 aromatic carbocycles. The van der Waals surface area contributed by atoms with E-state index in [0.29, 0.717) is 13.1 Å². The molecule has 7 nitrogen and oxygen atoms in total. The number of alkyl halides is 2. The van der Waals surface area contributed by atoms with Gasteiger partial charge in [-0.2, -0.15) is 4.98 Å². The number of halogens is 3. The molecule has 1 aliphatic carbocycles. The zero-order valence-corrected chi connectivity index (χ0v) is 14.8. The minimum absolute atomic E-state index is 0.136. The third kappa shape index (κ3) is 2.77. The Bertz CT molecular complexity index is 740. The van der Waals surface area contributed by atoms with Gasteiger partial charge in [-0.25, -0.2) is 13.8 Å². The molecule has 2 saturated heterocycles. The van der Waals surface area contributed by atoms with Crippen molar-refractivity contribution in [1.82, 2.24) is 9.97 Å². The van der Waals surface area contributed by atoms with Crippen LogP contribution in [0.3, 0.4) is 0 Å². The monoisotopic (exact) mass is 388 g/mol. The molecule has 142 valence electrons. The third-order valence-corrected chi connectivity index (χ3v) is 6.19. The molecule has 0 radical (unpaired) electrons. The molecule has 3 aliphatic rings. The maximum absolute atomic E-state index is 13.4. The lowest BCUT2D eigenvalue weighted by atomic mass is 10.0. The predicted octanol–water partition coefficient (Wildman–Crippen LogP) is 1.79. The molecule has 1 saturated carbocycles. The van der Waals surface area contributed by atoms with Crippen LogP contribution in [0.4, 0.5) is 20.5 Å². The lowest BCUT2D eigenvalue weighted by Crippen LogP contribution is -2.59. The van der Waals surface area contributed by atoms with Crippen LogP contribution in [0.15, 0.2) is 0 Å². The van der Waals surface area contributed by atoms with Gasteiger partial charge in [-0.1, -0.05) is 11.6 Å². The van der Waals surface area contributed by atoms with Crippen LogP contribution in [0.2, 0.25) is 5.02 Å². The molecule has 3 fully saturated rings. The fourth-order valence-electron chi connectivity index (χ4n) is 4.10. The van der Waals surface area contributed by atoms with E-state index in [4.69, 9.17) is 16.7 Å². The van der Waals surface area contributed by atoms with Crippen LogP contribution in [-0.2, 0) is 4.79 Å². The Morgan fingerprint density at radius 3 is 2.46 bits per heavy atom. The zero-order chi connectivity index (χ0) is 18.7. The number of nitrogens with zero attached hydrogens (tertiary/aromatic N) is 4. The van der Waals surface area contributed by atoms with E-state index < -0.39 is 24.2 Å². The number of aromatic nitrogens is 2. The zero-order valence-electron chi connectivity index (χ0n) is 14.0. The summed E-state index contributed by atoms with van der Waals surface area (Å²) in [7, 11) is 0. The highest BCUT2D eigenvalue weighted by Crippen LogP contribution is 2.55. The summed E-state index contributed by atoms with van der Waals surface area (Å²) in [5, 5.41) is 18.4. The van der Waals surface area contributed by atoms with Gasteiger partial charge in [0, 0.05) is 26.1 Å². The lowest BCUT2D eigenvalue weighted by Gasteiger charge is -2.43. The maximum atomic E-state index is 13.4. The Morgan fingerprint density at radius 1 is 1.31 bits per heavy atom. The number of carboxylic acid groups (broad SMARTS) is 1. The number of aliphatic hydroxyl groups is 1. The van der Waals surface area contributed by atoms with Gasteiger partial charge in [0.25, 0.3) is 6.43 Å². The normalized spacial score (nSPS) is 32.6. The predicted molar refractivity (Wildman–Crippen MR) is 89.7 cm³/mol. The van der Waals surface area contributed by atoms with Crippen molar-refractivity contribution in [3.63, 3.8) is 0 Å². The van der Waals surface area contributed by atoms with Gasteiger partial charge in [0.2, 0.25) is 5.95 Å². The third-order valence-electron chi connectivity index (χ3n) is 5.82. The van der Waals surface area contributed by atoms with Gasteiger partial charge < -0.3 is 20.0 Å². The minimum atomic E-state index is -2.83. The number of aliphatic carboxylic acids is 1. The molecule has 2 aliphatic heterocycles. The second kappa shape index (κ2) is 6.16. The van der Waals surface area contributed by atoms with Crippen molar-refractivity contribution < 1.29 is 23.8 Å². The van der Waals surface area contributed by atoms with Crippen LogP contribution < -0.4 is 9.80 Å². The van der Waals surface area contributed by atoms with Crippen molar-refractivity contribution in [3.8, 4) is 0 Å². The summed E-state index contributed by atoms with van der Waals surface area (Å²) in [5.74, 6) is 0.204. The quantitative estimate of drug-likeness (QED) is 0.794. The van der Waals surface area contributed by atoms with Gasteiger partial charge in [-0.3, -0.25) is 4.79 Å². The molecule has 3 heterocycles. The summed E-state index contributed by atoms with van der Waals surface area (Å²) >= 11 is 6.16. The topological polar surface area (TPSA) is 89.8 Å². The number of hydrogen-bond donors (Lipinski definition) is 2. The number of carbonyl (C=O) groups is 1. The van der Waals surface area contributed by atoms with Crippen molar-refractivity contribution in [2.24, 2.45) is 17.8 Å². The van der Waals surface area contributed by atoms with Gasteiger partial charge >= 0.3 is 5.97 Å². The number of hydrogen-bond acceptors (Lipinski definition) is 6. The molecular weight excluding hydrogens is 370 g/mol. The number of aliphatic hydroxyl groups excluding tert-OH is 1. The van der Waals surface area contributed by atoms with Gasteiger partial charge in [0.1, 0.15) is 10.7 Å². The molecule has 4 rings (SSSR count). The van der Waals surface area contributed by atoms with E-state index in [1.807, 2.05) is 4.90 Å². The van der Waals surface area contributed by atoms with Gasteiger partial charge in [-0.15, -0.1) is 0 Å². The molecule has 4 atom stereocenters. The fourth-order valence-corrected chi connectivity index (χ4v) is 4.39. The number of β-amino-alcohol motifs (C(OH)–C–C–N with tert-alkyl or cyclic N) is 1. The van der Waals surface area contributed by atoms with E-state index in [1.165, 1.54) is 0 Å². The highest BCUT2D eigenvalue weighted by atomic mass is 35.5. The van der Waals surface area contributed by atoms with E-state index in [2.05, 4.69) is 9.97 Å². The molecule has 2 N–H and O–H groups in total. The first kappa shape index (κ1) is 17.7. The number of rotatable bonds is 5. The summed E-state index contributed by atoms with van der Waals surface area (Å²) in [6.45, 7) is 3.17. The Morgan fingerprint density at radius 2 is 1.96 bits per heavy atom. The summed E-state index contributed by atoms with van der Waals surface area (Å²) in [6, 6.07) is -0.249. The largest absolute Gasteiger partial charge is 0.481 e. The van der Waals surface area contributed by atoms with E-state index in [1.54, 1.807) is 11.8 Å². The summed E-state index contributed by atoms with van der Waals surface area (Å²) < 4.78 is 26.8. The van der Waals surface area contributed by atoms with Crippen molar-refractivity contribution in [2.75, 3.05) is 29.4 Å². The Hall–Kier alpha value is -1.74. The number of fused-ring (bicyclic) bond motifs is 1. The standard InChI is InChI=1S/C16H19ClF2N4O3/c1-6-10(24)5-23(6)16-20-13(14(18)19)12(17)15(21-16)22-3-8-7(2-11(25)26)9(8)4-22/h6-10,14,24H,2-5H2,1H3,(H,25,26)/t6-,7?,8?,9?,10+/m0/s1. The van der Waals surface area contributed by atoms with E-state index in [-0.39, 0.29) is 53.5 Å². The molecule has 26 heavy (non-hydrogen) atoms. The fraction of sp³-hybridized carbons (Fsp3) is 0.688. The van der Waals surface area contributed by atoms with Gasteiger partial charge in [-0.05, 0) is 24.7 Å². The van der Waals surface area contributed by atoms with Crippen LogP contribution in [-0.4, -0.2) is 57.9 Å².